The Labute approximate surface area is 94.4 Å². The summed E-state index contributed by atoms with van der Waals surface area (Å²) in [5.74, 6) is -2.82. The summed E-state index contributed by atoms with van der Waals surface area (Å²) in [5, 5.41) is 17.7. The highest BCUT2D eigenvalue weighted by atomic mass is 19.4. The van der Waals surface area contributed by atoms with E-state index >= 15 is 0 Å². The molecule has 0 bridgehead atoms. The fourth-order valence-electron chi connectivity index (χ4n) is 1.39. The van der Waals surface area contributed by atoms with Crippen LogP contribution in [-0.2, 0) is 11.0 Å². The molecule has 0 radical (unpaired) electrons. The van der Waals surface area contributed by atoms with E-state index in [1.165, 1.54) is 0 Å². The fourth-order valence-corrected chi connectivity index (χ4v) is 1.39. The van der Waals surface area contributed by atoms with Crippen molar-refractivity contribution in [2.24, 2.45) is 5.92 Å². The predicted octanol–water partition coefficient (Wildman–Crippen LogP) is 1.36. The molecule has 1 aromatic heterocycles. The molecular formula is C8H11F3N4O2. The molecule has 0 aromatic carbocycles. The molecule has 0 spiro atoms. The molecule has 0 aliphatic carbocycles. The van der Waals surface area contributed by atoms with Gasteiger partial charge in [-0.1, -0.05) is 13.8 Å². The number of rotatable bonds is 4. The van der Waals surface area contributed by atoms with Crippen LogP contribution in [0.25, 0.3) is 0 Å². The van der Waals surface area contributed by atoms with Crippen molar-refractivity contribution in [2.75, 3.05) is 0 Å². The third kappa shape index (κ3) is 3.14. The Morgan fingerprint density at radius 3 is 2.47 bits per heavy atom. The van der Waals surface area contributed by atoms with Crippen molar-refractivity contribution in [3.63, 3.8) is 0 Å². The molecule has 6 nitrogen and oxygen atoms in total. The van der Waals surface area contributed by atoms with Gasteiger partial charge in [-0.3, -0.25) is 4.79 Å². The van der Waals surface area contributed by atoms with Gasteiger partial charge in [-0.15, -0.1) is 5.10 Å². The number of halogens is 3. The van der Waals surface area contributed by atoms with Crippen molar-refractivity contribution in [3.8, 4) is 0 Å². The molecule has 0 fully saturated rings. The molecular weight excluding hydrogens is 241 g/mol. The Bertz CT molecular complexity index is 402. The Morgan fingerprint density at radius 2 is 2.06 bits per heavy atom. The fraction of sp³-hybridized carbons (Fsp3) is 0.750. The second-order valence-corrected chi connectivity index (χ2v) is 3.85. The number of carboxylic acids is 1. The molecule has 1 unspecified atom stereocenters. The first-order valence-corrected chi connectivity index (χ1v) is 4.80. The standard InChI is InChI=1S/C8H11F3N4O2/c1-4(2)5(3-6(16)17)15-7(8(9,10)11)12-13-14-15/h4-5H,3H2,1-2H3,(H,16,17). The summed E-state index contributed by atoms with van der Waals surface area (Å²) >= 11 is 0. The normalized spacial score (nSPS) is 14.0. The minimum absolute atomic E-state index is 0.337. The van der Waals surface area contributed by atoms with E-state index in [0.29, 0.717) is 4.68 Å². The average Bonchev–Trinajstić information content (AvgIpc) is 2.60. The first-order chi connectivity index (χ1) is 7.73. The van der Waals surface area contributed by atoms with E-state index in [2.05, 4.69) is 15.5 Å². The van der Waals surface area contributed by atoms with Gasteiger partial charge in [0.2, 0.25) is 0 Å². The van der Waals surface area contributed by atoms with Crippen molar-refractivity contribution in [2.45, 2.75) is 32.5 Å². The molecule has 17 heavy (non-hydrogen) atoms. The molecule has 0 aliphatic rings. The minimum Gasteiger partial charge on any atom is -0.481 e. The van der Waals surface area contributed by atoms with Crippen LogP contribution in [-0.4, -0.2) is 31.3 Å². The molecule has 0 saturated carbocycles. The first kappa shape index (κ1) is 13.4. The van der Waals surface area contributed by atoms with Crippen molar-refractivity contribution < 1.29 is 23.1 Å². The number of hydrogen-bond donors (Lipinski definition) is 1. The lowest BCUT2D eigenvalue weighted by Crippen LogP contribution is -2.25. The maximum absolute atomic E-state index is 12.5. The smallest absolute Gasteiger partial charge is 0.453 e. The van der Waals surface area contributed by atoms with Gasteiger partial charge < -0.3 is 5.11 Å². The van der Waals surface area contributed by atoms with Gasteiger partial charge in [-0.25, -0.2) is 4.68 Å². The van der Waals surface area contributed by atoms with Gasteiger partial charge in [-0.2, -0.15) is 13.2 Å². The lowest BCUT2D eigenvalue weighted by Gasteiger charge is -2.20. The van der Waals surface area contributed by atoms with Gasteiger partial charge in [0.15, 0.2) is 0 Å². The van der Waals surface area contributed by atoms with Crippen LogP contribution in [0.4, 0.5) is 13.2 Å². The maximum atomic E-state index is 12.5. The van der Waals surface area contributed by atoms with Crippen LogP contribution in [0.1, 0.15) is 32.1 Å². The summed E-state index contributed by atoms with van der Waals surface area (Å²) in [6.07, 6.45) is -5.17. The summed E-state index contributed by atoms with van der Waals surface area (Å²) in [6.45, 7) is 3.21. The lowest BCUT2D eigenvalue weighted by molar-refractivity contribution is -0.150. The largest absolute Gasteiger partial charge is 0.481 e. The van der Waals surface area contributed by atoms with Crippen LogP contribution >= 0.6 is 0 Å². The second-order valence-electron chi connectivity index (χ2n) is 3.85. The molecule has 0 amide bonds. The van der Waals surface area contributed by atoms with Crippen LogP contribution < -0.4 is 0 Å². The summed E-state index contributed by atoms with van der Waals surface area (Å²) in [7, 11) is 0. The van der Waals surface area contributed by atoms with Crippen LogP contribution in [0.2, 0.25) is 0 Å². The number of aromatic nitrogens is 4. The highest BCUT2D eigenvalue weighted by molar-refractivity contribution is 5.67. The highest BCUT2D eigenvalue weighted by Gasteiger charge is 2.40. The second kappa shape index (κ2) is 4.68. The van der Waals surface area contributed by atoms with Gasteiger partial charge in [0, 0.05) is 0 Å². The summed E-state index contributed by atoms with van der Waals surface area (Å²) in [5.41, 5.74) is 0. The quantitative estimate of drug-likeness (QED) is 0.875. The maximum Gasteiger partial charge on any atom is 0.453 e. The molecule has 1 aromatic rings. The Morgan fingerprint density at radius 1 is 1.47 bits per heavy atom. The zero-order chi connectivity index (χ0) is 13.2. The van der Waals surface area contributed by atoms with Gasteiger partial charge in [0.05, 0.1) is 12.5 Å². The Balaban J connectivity index is 3.11. The van der Waals surface area contributed by atoms with E-state index in [-0.39, 0.29) is 5.92 Å². The number of aliphatic carboxylic acids is 1. The molecule has 96 valence electrons. The SMILES string of the molecule is CC(C)C(CC(=O)O)n1nnnc1C(F)(F)F. The summed E-state index contributed by atoms with van der Waals surface area (Å²) in [6, 6.07) is -0.931. The highest BCUT2D eigenvalue weighted by Crippen LogP contribution is 2.31. The third-order valence-corrected chi connectivity index (χ3v) is 2.21. The molecule has 1 heterocycles. The van der Waals surface area contributed by atoms with E-state index in [1.54, 1.807) is 13.8 Å². The van der Waals surface area contributed by atoms with Gasteiger partial charge in [0.25, 0.3) is 5.82 Å². The van der Waals surface area contributed by atoms with E-state index in [1.807, 2.05) is 0 Å². The first-order valence-electron chi connectivity index (χ1n) is 4.80. The van der Waals surface area contributed by atoms with E-state index in [0.717, 1.165) is 0 Å². The molecule has 1 rings (SSSR count). The third-order valence-electron chi connectivity index (χ3n) is 2.21. The van der Waals surface area contributed by atoms with Crippen LogP contribution in [0.15, 0.2) is 0 Å². The average molecular weight is 252 g/mol. The van der Waals surface area contributed by atoms with Crippen molar-refractivity contribution in [1.82, 2.24) is 20.2 Å². The predicted molar refractivity (Wildman–Crippen MR) is 48.9 cm³/mol. The van der Waals surface area contributed by atoms with Crippen LogP contribution in [0, 0.1) is 5.92 Å². The van der Waals surface area contributed by atoms with Gasteiger partial charge in [0.1, 0.15) is 0 Å². The molecule has 1 N–H and O–H groups in total. The summed E-state index contributed by atoms with van der Waals surface area (Å²) in [4.78, 5) is 10.6. The number of tetrazole rings is 1. The van der Waals surface area contributed by atoms with Crippen molar-refractivity contribution in [1.29, 1.82) is 0 Å². The molecule has 1 atom stereocenters. The Hall–Kier alpha value is -1.67. The Kier molecular flexibility index (Phi) is 3.69. The van der Waals surface area contributed by atoms with E-state index in [4.69, 9.17) is 5.11 Å². The molecule has 9 heteroatoms. The number of carbonyl (C=O) groups is 1. The zero-order valence-corrected chi connectivity index (χ0v) is 9.14. The number of hydrogen-bond acceptors (Lipinski definition) is 4. The zero-order valence-electron chi connectivity index (χ0n) is 9.14. The van der Waals surface area contributed by atoms with Crippen molar-refractivity contribution >= 4 is 5.97 Å². The van der Waals surface area contributed by atoms with Gasteiger partial charge in [-0.05, 0) is 16.3 Å². The number of alkyl halides is 3. The van der Waals surface area contributed by atoms with E-state index < -0.39 is 30.4 Å². The number of carboxylic acid groups (broad SMARTS) is 1. The van der Waals surface area contributed by atoms with Crippen molar-refractivity contribution in [3.05, 3.63) is 5.82 Å². The molecule has 0 saturated heterocycles. The van der Waals surface area contributed by atoms with Crippen LogP contribution in [0.3, 0.4) is 0 Å². The number of nitrogens with zero attached hydrogens (tertiary/aromatic N) is 4. The lowest BCUT2D eigenvalue weighted by atomic mass is 10.0. The summed E-state index contributed by atoms with van der Waals surface area (Å²) < 4.78 is 38.1. The van der Waals surface area contributed by atoms with E-state index in [9.17, 15) is 18.0 Å². The minimum atomic E-state index is -4.70. The van der Waals surface area contributed by atoms with Crippen LogP contribution in [0.5, 0.6) is 0 Å². The topological polar surface area (TPSA) is 80.9 Å². The van der Waals surface area contributed by atoms with Gasteiger partial charge >= 0.3 is 12.1 Å². The molecule has 0 aliphatic heterocycles. The monoisotopic (exact) mass is 252 g/mol.